The summed E-state index contributed by atoms with van der Waals surface area (Å²) >= 11 is 0. The smallest absolute Gasteiger partial charge is 0.222 e. The molecule has 0 aromatic carbocycles. The molecular weight excluding hydrogens is 286 g/mol. The van der Waals surface area contributed by atoms with E-state index in [4.69, 9.17) is 4.74 Å². The van der Waals surface area contributed by atoms with Crippen LogP contribution in [0.2, 0.25) is 0 Å². The molecule has 1 rings (SSSR count). The standard InChI is InChI=1S/C14H32BN2O3P/c1-13(2,3)14(4,5)21(19,16(6)7)17-8-11(10-18)20-12(15)9-17/h11-12,18H,8-10,15H2,1-7H3/t11-,12?,21?/m0/s1. The van der Waals surface area contributed by atoms with Gasteiger partial charge in [0.1, 0.15) is 7.85 Å². The van der Waals surface area contributed by atoms with Crippen LogP contribution in [0.1, 0.15) is 34.6 Å². The molecule has 5 nitrogen and oxygen atoms in total. The van der Waals surface area contributed by atoms with Crippen LogP contribution in [0.15, 0.2) is 0 Å². The van der Waals surface area contributed by atoms with Gasteiger partial charge in [-0.25, -0.2) is 9.34 Å². The highest BCUT2D eigenvalue weighted by molar-refractivity contribution is 7.60. The van der Waals surface area contributed by atoms with Crippen molar-refractivity contribution < 1.29 is 14.4 Å². The van der Waals surface area contributed by atoms with Crippen molar-refractivity contribution in [2.45, 2.75) is 51.9 Å². The highest BCUT2D eigenvalue weighted by Crippen LogP contribution is 2.67. The van der Waals surface area contributed by atoms with E-state index in [-0.39, 0.29) is 29.3 Å². The van der Waals surface area contributed by atoms with Crippen molar-refractivity contribution in [3.63, 3.8) is 0 Å². The minimum Gasteiger partial charge on any atom is -0.394 e. The highest BCUT2D eigenvalue weighted by atomic mass is 31.2. The summed E-state index contributed by atoms with van der Waals surface area (Å²) in [5.74, 6) is 0. The lowest BCUT2D eigenvalue weighted by Gasteiger charge is -2.53. The third-order valence-corrected chi connectivity index (χ3v) is 9.30. The molecule has 0 spiro atoms. The number of nitrogens with zero attached hydrogens (tertiary/aromatic N) is 2. The maximum atomic E-state index is 14.1. The Hall–Kier alpha value is 0.135. The maximum Gasteiger partial charge on any atom is 0.222 e. The quantitative estimate of drug-likeness (QED) is 0.624. The molecule has 0 amide bonds. The molecule has 0 saturated carbocycles. The van der Waals surface area contributed by atoms with Gasteiger partial charge < -0.3 is 9.84 Å². The Morgan fingerprint density at radius 1 is 1.29 bits per heavy atom. The van der Waals surface area contributed by atoms with Gasteiger partial charge in [-0.05, 0) is 33.4 Å². The molecule has 2 unspecified atom stereocenters. The molecule has 1 aliphatic heterocycles. The molecule has 3 atom stereocenters. The summed E-state index contributed by atoms with van der Waals surface area (Å²) in [5.41, 5.74) is -0.108. The number of ether oxygens (including phenoxy) is 1. The molecule has 124 valence electrons. The van der Waals surface area contributed by atoms with Crippen LogP contribution < -0.4 is 0 Å². The van der Waals surface area contributed by atoms with Crippen LogP contribution in [-0.2, 0) is 9.30 Å². The number of aliphatic hydroxyl groups excluding tert-OH is 1. The fourth-order valence-corrected chi connectivity index (χ4v) is 6.83. The zero-order valence-electron chi connectivity index (χ0n) is 14.9. The van der Waals surface area contributed by atoms with Crippen molar-refractivity contribution >= 4 is 15.3 Å². The van der Waals surface area contributed by atoms with Crippen LogP contribution in [0.4, 0.5) is 0 Å². The fraction of sp³-hybridized carbons (Fsp3) is 1.00. The van der Waals surface area contributed by atoms with Gasteiger partial charge in [-0.1, -0.05) is 20.8 Å². The predicted octanol–water partition coefficient (Wildman–Crippen LogP) is 1.22. The first-order valence-electron chi connectivity index (χ1n) is 7.67. The summed E-state index contributed by atoms with van der Waals surface area (Å²) in [4.78, 5) is 0. The Kier molecular flexibility index (Phi) is 5.78. The number of aliphatic hydroxyl groups is 1. The Bertz CT molecular complexity index is 410. The van der Waals surface area contributed by atoms with E-state index in [1.165, 1.54) is 0 Å². The topological polar surface area (TPSA) is 53.0 Å². The Morgan fingerprint density at radius 3 is 2.19 bits per heavy atom. The molecule has 0 aliphatic carbocycles. The van der Waals surface area contributed by atoms with Gasteiger partial charge in [0.15, 0.2) is 0 Å². The van der Waals surface area contributed by atoms with E-state index in [2.05, 4.69) is 34.6 Å². The van der Waals surface area contributed by atoms with E-state index in [1.807, 2.05) is 31.3 Å². The van der Waals surface area contributed by atoms with Crippen LogP contribution in [0.5, 0.6) is 0 Å². The van der Waals surface area contributed by atoms with Crippen molar-refractivity contribution in [2.24, 2.45) is 5.41 Å². The van der Waals surface area contributed by atoms with Crippen LogP contribution in [0.25, 0.3) is 0 Å². The van der Waals surface area contributed by atoms with Crippen LogP contribution in [0.3, 0.4) is 0 Å². The summed E-state index contributed by atoms with van der Waals surface area (Å²) in [6.07, 6.45) is -0.266. The van der Waals surface area contributed by atoms with Gasteiger partial charge in [-0.15, -0.1) is 0 Å². The van der Waals surface area contributed by atoms with Crippen molar-refractivity contribution in [2.75, 3.05) is 33.8 Å². The molecule has 1 fully saturated rings. The Balaban J connectivity index is 3.26. The third kappa shape index (κ3) is 3.40. The molecule has 1 aliphatic rings. The zero-order valence-corrected chi connectivity index (χ0v) is 15.8. The maximum absolute atomic E-state index is 14.1. The molecule has 21 heavy (non-hydrogen) atoms. The number of morpholine rings is 1. The van der Waals surface area contributed by atoms with Crippen molar-refractivity contribution in [1.29, 1.82) is 0 Å². The minimum absolute atomic E-state index is 0.0278. The summed E-state index contributed by atoms with van der Waals surface area (Å²) in [5, 5.41) is 9.05. The second-order valence-electron chi connectivity index (χ2n) is 7.82. The van der Waals surface area contributed by atoms with Gasteiger partial charge in [0.05, 0.1) is 12.7 Å². The monoisotopic (exact) mass is 318 g/mol. The SMILES string of the molecule is BC1CN(P(=O)(N(C)C)C(C)(C)C(C)(C)C)C[C@@H](CO)O1. The van der Waals surface area contributed by atoms with Gasteiger partial charge in [0, 0.05) is 24.2 Å². The number of hydrogen-bond donors (Lipinski definition) is 1. The zero-order chi connectivity index (χ0) is 16.6. The molecule has 1 heterocycles. The van der Waals surface area contributed by atoms with Crippen molar-refractivity contribution in [3.8, 4) is 0 Å². The van der Waals surface area contributed by atoms with Gasteiger partial charge in [0.25, 0.3) is 0 Å². The lowest BCUT2D eigenvalue weighted by Crippen LogP contribution is -2.54. The molecular formula is C14H32BN2O3P. The van der Waals surface area contributed by atoms with E-state index in [1.54, 1.807) is 0 Å². The predicted molar refractivity (Wildman–Crippen MR) is 90.7 cm³/mol. The Labute approximate surface area is 130 Å². The molecule has 7 heteroatoms. The third-order valence-electron chi connectivity index (χ3n) is 5.00. The average molecular weight is 318 g/mol. The second-order valence-corrected chi connectivity index (χ2v) is 11.4. The van der Waals surface area contributed by atoms with E-state index in [9.17, 15) is 9.67 Å². The van der Waals surface area contributed by atoms with Crippen molar-refractivity contribution in [3.05, 3.63) is 0 Å². The van der Waals surface area contributed by atoms with Crippen LogP contribution >= 0.6 is 7.44 Å². The molecule has 0 radical (unpaired) electrons. The first-order chi connectivity index (χ1) is 9.37. The summed E-state index contributed by atoms with van der Waals surface area (Å²) < 4.78 is 23.7. The molecule has 1 N–H and O–H groups in total. The summed E-state index contributed by atoms with van der Waals surface area (Å²) in [6.45, 7) is 11.7. The molecule has 0 bridgehead atoms. The first kappa shape index (κ1) is 19.2. The van der Waals surface area contributed by atoms with Crippen molar-refractivity contribution in [1.82, 2.24) is 9.34 Å². The Morgan fingerprint density at radius 2 is 1.81 bits per heavy atom. The highest BCUT2D eigenvalue weighted by Gasteiger charge is 2.54. The molecule has 0 aromatic rings. The number of rotatable bonds is 4. The molecule has 1 saturated heterocycles. The molecule has 0 aromatic heterocycles. The van der Waals surface area contributed by atoms with E-state index < -0.39 is 7.44 Å². The first-order valence-corrected chi connectivity index (χ1v) is 9.29. The van der Waals surface area contributed by atoms with Gasteiger partial charge in [0.2, 0.25) is 7.44 Å². The lowest BCUT2D eigenvalue weighted by atomic mass is 9.82. The average Bonchev–Trinajstić information content (AvgIpc) is 2.34. The van der Waals surface area contributed by atoms with E-state index in [0.717, 1.165) is 0 Å². The van der Waals surface area contributed by atoms with E-state index in [0.29, 0.717) is 13.1 Å². The van der Waals surface area contributed by atoms with Gasteiger partial charge in [-0.3, -0.25) is 4.57 Å². The summed E-state index contributed by atoms with van der Waals surface area (Å²) in [7, 11) is 2.95. The minimum atomic E-state index is -2.80. The van der Waals surface area contributed by atoms with Gasteiger partial charge >= 0.3 is 0 Å². The fourth-order valence-electron chi connectivity index (χ4n) is 2.89. The van der Waals surface area contributed by atoms with Crippen LogP contribution in [-0.4, -0.2) is 73.3 Å². The van der Waals surface area contributed by atoms with Gasteiger partial charge in [-0.2, -0.15) is 0 Å². The number of hydrogen-bond acceptors (Lipinski definition) is 3. The normalized spacial score (nSPS) is 28.6. The summed E-state index contributed by atoms with van der Waals surface area (Å²) in [6, 6.07) is -0.0278. The second kappa shape index (κ2) is 6.33. The largest absolute Gasteiger partial charge is 0.394 e. The van der Waals surface area contributed by atoms with E-state index >= 15 is 0 Å². The lowest BCUT2D eigenvalue weighted by molar-refractivity contribution is -0.0526. The van der Waals surface area contributed by atoms with Crippen LogP contribution in [0, 0.1) is 5.41 Å².